The number of ether oxygens (including phenoxy) is 2. The number of aromatic nitrogens is 16. The number of amides is 2. The zero-order chi connectivity index (χ0) is 104. The number of benzene rings is 4. The van der Waals surface area contributed by atoms with Gasteiger partial charge in [0.15, 0.2) is 46.5 Å². The van der Waals surface area contributed by atoms with Crippen LogP contribution in [0.5, 0.6) is 0 Å². The molecule has 38 nitrogen and oxygen atoms in total. The molecule has 4 aromatic carbocycles. The molecule has 19 rings (SSSR count). The van der Waals surface area contributed by atoms with Gasteiger partial charge in [-0.3, -0.25) is 39.8 Å². The summed E-state index contributed by atoms with van der Waals surface area (Å²) in [7, 11) is -6.29. The molecule has 8 aromatic heterocycles. The van der Waals surface area contributed by atoms with Crippen molar-refractivity contribution < 1.29 is 40.3 Å². The zero-order valence-corrected chi connectivity index (χ0v) is 89.7. The molecule has 0 bridgehead atoms. The highest BCUT2D eigenvalue weighted by molar-refractivity contribution is 7.90. The Labute approximate surface area is 877 Å². The Balaban J connectivity index is 0.000000140. The second kappa shape index (κ2) is 49.1. The molecule has 12 aromatic rings. The van der Waals surface area contributed by atoms with Gasteiger partial charge in [0, 0.05) is 162 Å². The van der Waals surface area contributed by atoms with Gasteiger partial charge in [0.2, 0.25) is 55.7 Å². The smallest absolute Gasteiger partial charge is 0.229 e. The van der Waals surface area contributed by atoms with E-state index in [4.69, 9.17) is 55.9 Å². The number of piperidine rings is 4. The van der Waals surface area contributed by atoms with Crippen LogP contribution in [0.4, 0.5) is 97.5 Å². The Bertz CT molecular complexity index is 6850. The molecule has 2 amide bonds. The van der Waals surface area contributed by atoms with Crippen LogP contribution in [0.25, 0.3) is 0 Å². The lowest BCUT2D eigenvalue weighted by Gasteiger charge is -2.34. The van der Waals surface area contributed by atoms with Crippen molar-refractivity contribution in [3.8, 4) is 0 Å². The van der Waals surface area contributed by atoms with Crippen LogP contribution in [0.15, 0.2) is 97.6 Å². The summed E-state index contributed by atoms with van der Waals surface area (Å²) in [6.07, 6.45) is 18.0. The highest BCUT2D eigenvalue weighted by atomic mass is 35.5. The summed E-state index contributed by atoms with van der Waals surface area (Å²) in [5.41, 5.74) is 19.5. The van der Waals surface area contributed by atoms with Crippen LogP contribution < -0.4 is 42.5 Å². The molecule has 0 atom stereocenters. The van der Waals surface area contributed by atoms with Gasteiger partial charge in [0.1, 0.15) is 25.9 Å². The molecule has 1 aliphatic carbocycles. The van der Waals surface area contributed by atoms with Gasteiger partial charge < -0.3 is 61.8 Å². The van der Waals surface area contributed by atoms with E-state index in [-0.39, 0.29) is 28.7 Å². The van der Waals surface area contributed by atoms with E-state index >= 15 is 4.39 Å². The lowest BCUT2D eigenvalue weighted by molar-refractivity contribution is -0.133. The van der Waals surface area contributed by atoms with Crippen LogP contribution in [-0.4, -0.2) is 267 Å². The number of carbonyl (C=O) groups is 2. The third kappa shape index (κ3) is 29.0. The van der Waals surface area contributed by atoms with Gasteiger partial charge >= 0.3 is 0 Å². The van der Waals surface area contributed by atoms with Crippen LogP contribution in [0.1, 0.15) is 191 Å². The van der Waals surface area contributed by atoms with Crippen LogP contribution in [0.3, 0.4) is 0 Å². The minimum atomic E-state index is -3.16. The topological polar surface area (TPSA) is 454 Å². The van der Waals surface area contributed by atoms with Gasteiger partial charge in [-0.2, -0.15) is 40.3 Å². The summed E-state index contributed by atoms with van der Waals surface area (Å²) in [6.45, 7) is 36.3. The van der Waals surface area contributed by atoms with E-state index in [1.165, 1.54) is 46.3 Å². The van der Waals surface area contributed by atoms with Crippen molar-refractivity contribution in [2.24, 2.45) is 0 Å². The molecule has 12 N–H and O–H groups in total. The van der Waals surface area contributed by atoms with E-state index in [2.05, 4.69) is 209 Å². The fraction of sp³-hybridized carbons (Fsp3) is 0.471. The monoisotopic (exact) mass is 2130 g/mol. The number of nitrogens with zero attached hydrogens (tertiary/aromatic N) is 18. The van der Waals surface area contributed by atoms with E-state index < -0.39 is 25.9 Å². The van der Waals surface area contributed by atoms with E-state index in [1.807, 2.05) is 64.6 Å². The fourth-order valence-electron chi connectivity index (χ4n) is 19.5. The van der Waals surface area contributed by atoms with Crippen molar-refractivity contribution in [3.63, 3.8) is 0 Å². The SMILES string of the molecule is Cc1cc(Nc2nc(Nc3cc(C)c(C4CCN(C(=O)CCCN5CCOCC5)CC4)cc3C)ncc2Cl)n[nH]1.Cc1cc(Nc2nc(Nc3cc(C)c(C4CCN(C(=O)CCN5CCOCC5)CC4)cc3C)ncc2Cl)n[nH]1.Cc1cc(Nc2nc(Nc3cc(C)c(C4CCN(S(=O)(=O)C5CC5)CC4)cc3F)ncc2Cl)n[nH]1.Cc1cc(Nc2nc(Nc3cc(C)c(C4CCN(S(C)(=O)=O)CC4)cc3C)ncc2Cl)n[nH]1. The maximum Gasteiger partial charge on any atom is 0.229 e. The average molecular weight is 2130 g/mol. The lowest BCUT2D eigenvalue weighted by Crippen LogP contribution is -2.42. The van der Waals surface area contributed by atoms with Crippen molar-refractivity contribution in [3.05, 3.63) is 207 Å². The number of carbonyl (C=O) groups excluding carboxylic acids is 2. The van der Waals surface area contributed by atoms with E-state index in [0.29, 0.717) is 160 Å². The highest BCUT2D eigenvalue weighted by Crippen LogP contribution is 2.43. The number of H-pyrrole nitrogens is 4. The van der Waals surface area contributed by atoms with Gasteiger partial charge in [0.05, 0.1) is 68.4 Å². The van der Waals surface area contributed by atoms with Gasteiger partial charge in [0.25, 0.3) is 0 Å². The Morgan fingerprint density at radius 1 is 0.361 bits per heavy atom. The van der Waals surface area contributed by atoms with Crippen molar-refractivity contribution >= 4 is 171 Å². The zero-order valence-electron chi connectivity index (χ0n) is 85.1. The first kappa shape index (κ1) is 108. The molecule has 45 heteroatoms. The van der Waals surface area contributed by atoms with Crippen LogP contribution in [-0.2, 0) is 39.1 Å². The Morgan fingerprint density at radius 3 is 0.966 bits per heavy atom. The number of anilines is 16. The summed E-state index contributed by atoms with van der Waals surface area (Å²) in [4.78, 5) is 69.6. The van der Waals surface area contributed by atoms with Gasteiger partial charge in [-0.25, -0.2) is 49.8 Å². The lowest BCUT2D eigenvalue weighted by atomic mass is 9.85. The van der Waals surface area contributed by atoms with Crippen LogP contribution in [0, 0.1) is 82.0 Å². The second-order valence-electron chi connectivity index (χ2n) is 39.0. The minimum absolute atomic E-state index is 0.115. The minimum Gasteiger partial charge on any atom is -0.379 e. The highest BCUT2D eigenvalue weighted by Gasteiger charge is 2.42. The summed E-state index contributed by atoms with van der Waals surface area (Å²) >= 11 is 25.1. The molecular weight excluding hydrogens is 2000 g/mol. The molecule has 7 fully saturated rings. The number of aryl methyl sites for hydroxylation is 11. The molecule has 14 heterocycles. The van der Waals surface area contributed by atoms with Crippen LogP contribution in [0.2, 0.25) is 20.1 Å². The molecular formula is C102H131Cl4FN30O8S2. The maximum atomic E-state index is 15.1. The first-order valence-electron chi connectivity index (χ1n) is 50.1. The van der Waals surface area contributed by atoms with Crippen molar-refractivity contribution in [1.82, 2.24) is 109 Å². The van der Waals surface area contributed by atoms with Gasteiger partial charge in [-0.05, 0) is 269 Å². The van der Waals surface area contributed by atoms with Gasteiger partial charge in [-0.1, -0.05) is 64.6 Å². The van der Waals surface area contributed by atoms with E-state index in [1.54, 1.807) is 39.3 Å². The van der Waals surface area contributed by atoms with Crippen molar-refractivity contribution in [2.45, 2.75) is 189 Å². The largest absolute Gasteiger partial charge is 0.379 e. The van der Waals surface area contributed by atoms with E-state index in [9.17, 15) is 26.4 Å². The molecule has 0 unspecified atom stereocenters. The molecule has 1 saturated carbocycles. The fourth-order valence-corrected chi connectivity index (χ4v) is 22.8. The Hall–Kier alpha value is -11.9. The molecule has 6 aliphatic heterocycles. The molecule has 6 saturated heterocycles. The standard InChI is InChI=1S/C29H39ClN8O2.C28H37ClN8O2.C23H27ClFN7O2S.C22H28ClN7O2S/c1-19-16-25(32-29-31-18-24(30)28(34-29)33-26-17-21(3)35-36-26)20(2)15-23(19)22-6-9-38(10-7-22)27(39)5-4-8-37-11-13-40-14-12-37;1-18-15-24(31-28-30-17-23(29)27(33-28)32-25-16-20(3)34-35-25)19(2)14-22(18)21-4-8-37(9-5-21)26(38)6-7-36-10-12-39-13-11-36;1-13-9-20(27-23-26-12-18(24)22(29-23)28-21-10-14(2)30-31-21)19(25)11-17(13)15-5-7-32(8-6-15)35(33,34)16-3-4-16;1-13-10-19(14(2)9-17(13)16-5-7-30(8-6-16)33(4,31)32)25-22-24-12-18(23)21(27-22)26-20-11-15(3)28-29-20/h15-18,22H,4-14H2,1-3H3,(H3,31,32,33,34,35,36);14-17,21H,4-13H2,1-3H3,(H3,30,31,32,33,34,35);9-12,15-16H,3-8H2,1-2H3,(H3,26,27,28,29,30,31);9-12,16H,5-8H2,1-4H3,(H3,24,25,26,27,28,29). The van der Waals surface area contributed by atoms with E-state index in [0.717, 1.165) is 223 Å². The number of hydrogen-bond acceptors (Lipinski definition) is 30. The molecule has 0 spiro atoms. The summed E-state index contributed by atoms with van der Waals surface area (Å²) in [5, 5.41) is 54.8. The number of likely N-dealkylation sites (tertiary alicyclic amines) is 2. The first-order valence-corrected chi connectivity index (χ1v) is 55.0. The number of rotatable bonds is 30. The number of morpholine rings is 2. The quantitative estimate of drug-likeness (QED) is 0.0199. The Morgan fingerprint density at radius 2 is 0.653 bits per heavy atom. The molecule has 147 heavy (non-hydrogen) atoms. The van der Waals surface area contributed by atoms with Crippen molar-refractivity contribution in [1.29, 1.82) is 0 Å². The number of hydrogen-bond donors (Lipinski definition) is 12. The third-order valence-corrected chi connectivity index (χ3v) is 32.6. The van der Waals surface area contributed by atoms with Crippen molar-refractivity contribution in [2.75, 3.05) is 167 Å². The number of aromatic amines is 4. The summed E-state index contributed by atoms with van der Waals surface area (Å²) in [5.74, 6) is 7.24. The number of nitrogens with one attached hydrogen (secondary N) is 12. The van der Waals surface area contributed by atoms with Crippen LogP contribution >= 0.6 is 46.4 Å². The maximum absolute atomic E-state index is 15.1. The molecule has 0 radical (unpaired) electrons. The predicted octanol–water partition coefficient (Wildman–Crippen LogP) is 19.0. The summed E-state index contributed by atoms with van der Waals surface area (Å²) < 4.78 is 77.7. The number of halogens is 5. The normalized spacial score (nSPS) is 16.7. The second-order valence-corrected chi connectivity index (χ2v) is 44.8. The van der Waals surface area contributed by atoms with Gasteiger partial charge in [-0.15, -0.1) is 0 Å². The molecule has 7 aliphatic rings. The average Bonchev–Trinajstić information content (AvgIpc) is 1.62. The Kier molecular flexibility index (Phi) is 36.0. The third-order valence-electron chi connectivity index (χ3n) is 27.8. The predicted molar refractivity (Wildman–Crippen MR) is 576 cm³/mol. The first-order chi connectivity index (χ1) is 70.5. The number of sulfonamides is 2. The summed E-state index contributed by atoms with van der Waals surface area (Å²) in [6, 6.07) is 23.8. The molecule has 784 valence electrons.